The van der Waals surface area contributed by atoms with Crippen LogP contribution in [-0.4, -0.2) is 32.0 Å². The number of methoxy groups -OCH3 is 1. The number of hydrogen-bond donors (Lipinski definition) is 1. The van der Waals surface area contributed by atoms with Crippen LogP contribution in [0.4, 0.5) is 5.69 Å². The molecule has 0 bridgehead atoms. The number of nitrogens with zero attached hydrogens (tertiary/aromatic N) is 1. The fourth-order valence-electron chi connectivity index (χ4n) is 2.41. The Bertz CT molecular complexity index is 796. The van der Waals surface area contributed by atoms with Crippen LogP contribution in [0.1, 0.15) is 12.5 Å². The minimum atomic E-state index is -0.258. The molecule has 26 heavy (non-hydrogen) atoms. The summed E-state index contributed by atoms with van der Waals surface area (Å²) in [4.78, 5) is 25.5. The highest BCUT2D eigenvalue weighted by atomic mass is 35.5. The van der Waals surface area contributed by atoms with Crippen molar-refractivity contribution >= 4 is 40.7 Å². The Morgan fingerprint density at radius 2 is 1.88 bits per heavy atom. The van der Waals surface area contributed by atoms with Crippen molar-refractivity contribution in [3.05, 3.63) is 58.1 Å². The van der Waals surface area contributed by atoms with E-state index in [0.29, 0.717) is 28.7 Å². The molecule has 0 aliphatic heterocycles. The van der Waals surface area contributed by atoms with Gasteiger partial charge in [0.1, 0.15) is 12.3 Å². The van der Waals surface area contributed by atoms with Gasteiger partial charge in [-0.1, -0.05) is 35.3 Å². The van der Waals surface area contributed by atoms with Crippen molar-refractivity contribution in [2.45, 2.75) is 13.3 Å². The molecule has 0 saturated heterocycles. The third-order valence-corrected chi connectivity index (χ3v) is 4.51. The summed E-state index contributed by atoms with van der Waals surface area (Å²) in [5.74, 6) is 0.261. The van der Waals surface area contributed by atoms with Crippen LogP contribution < -0.4 is 15.0 Å². The van der Waals surface area contributed by atoms with E-state index >= 15 is 0 Å². The molecule has 0 unspecified atom stereocenters. The summed E-state index contributed by atoms with van der Waals surface area (Å²) in [6.07, 6.45) is 0.662. The number of carbonyl (C=O) groups excluding carboxylic acids is 2. The molecule has 0 radical (unpaired) electrons. The molecule has 2 amide bonds. The lowest BCUT2D eigenvalue weighted by Crippen LogP contribution is -2.40. The number of ether oxygens (including phenoxy) is 1. The van der Waals surface area contributed by atoms with Gasteiger partial charge in [-0.15, -0.1) is 0 Å². The number of carbonyl (C=O) groups is 2. The molecule has 2 aromatic carbocycles. The number of nitrogens with one attached hydrogen (secondary N) is 1. The van der Waals surface area contributed by atoms with E-state index < -0.39 is 0 Å². The average Bonchev–Trinajstić information content (AvgIpc) is 2.62. The minimum absolute atomic E-state index is 0.0919. The number of rotatable bonds is 7. The van der Waals surface area contributed by atoms with E-state index in [1.807, 2.05) is 24.3 Å². The predicted molar refractivity (Wildman–Crippen MR) is 104 cm³/mol. The third kappa shape index (κ3) is 5.64. The largest absolute Gasteiger partial charge is 0.497 e. The monoisotopic (exact) mass is 394 g/mol. The van der Waals surface area contributed by atoms with Gasteiger partial charge in [-0.05, 0) is 42.3 Å². The van der Waals surface area contributed by atoms with Gasteiger partial charge in [-0.2, -0.15) is 0 Å². The second-order valence-electron chi connectivity index (χ2n) is 5.66. The Morgan fingerprint density at radius 3 is 2.54 bits per heavy atom. The maximum atomic E-state index is 12.2. The number of halogens is 2. The Kier molecular flexibility index (Phi) is 7.30. The number of benzene rings is 2. The van der Waals surface area contributed by atoms with Crippen LogP contribution in [0.15, 0.2) is 42.5 Å². The van der Waals surface area contributed by atoms with Gasteiger partial charge in [-0.25, -0.2) is 0 Å². The minimum Gasteiger partial charge on any atom is -0.497 e. The summed E-state index contributed by atoms with van der Waals surface area (Å²) >= 11 is 11.9. The fourth-order valence-corrected chi connectivity index (χ4v) is 2.70. The van der Waals surface area contributed by atoms with Gasteiger partial charge in [-0.3, -0.25) is 9.59 Å². The zero-order valence-electron chi connectivity index (χ0n) is 14.6. The fraction of sp³-hybridized carbons (Fsp3) is 0.263. The van der Waals surface area contributed by atoms with E-state index in [1.165, 1.54) is 11.8 Å². The van der Waals surface area contributed by atoms with Crippen LogP contribution >= 0.6 is 23.2 Å². The Hall–Kier alpha value is -2.24. The summed E-state index contributed by atoms with van der Waals surface area (Å²) in [6, 6.07) is 12.5. The van der Waals surface area contributed by atoms with Crippen LogP contribution in [0.25, 0.3) is 0 Å². The molecule has 0 aliphatic rings. The van der Waals surface area contributed by atoms with Gasteiger partial charge in [0.15, 0.2) is 0 Å². The highest BCUT2D eigenvalue weighted by molar-refractivity contribution is 6.42. The first-order valence-corrected chi connectivity index (χ1v) is 8.79. The van der Waals surface area contributed by atoms with Gasteiger partial charge in [0.05, 0.1) is 17.2 Å². The molecule has 1 N–H and O–H groups in total. The van der Waals surface area contributed by atoms with Crippen molar-refractivity contribution in [3.63, 3.8) is 0 Å². The van der Waals surface area contributed by atoms with E-state index in [2.05, 4.69) is 5.32 Å². The van der Waals surface area contributed by atoms with Gasteiger partial charge in [0.2, 0.25) is 11.8 Å². The first-order valence-electron chi connectivity index (χ1n) is 8.03. The van der Waals surface area contributed by atoms with Crippen LogP contribution in [0.2, 0.25) is 10.0 Å². The highest BCUT2D eigenvalue weighted by Crippen LogP contribution is 2.27. The molecule has 0 aromatic heterocycles. The van der Waals surface area contributed by atoms with Crippen LogP contribution in [0.3, 0.4) is 0 Å². The molecular weight excluding hydrogens is 375 g/mol. The molecular formula is C19H20Cl2N2O3. The molecule has 7 heteroatoms. The molecule has 0 atom stereocenters. The topological polar surface area (TPSA) is 58.6 Å². The van der Waals surface area contributed by atoms with Crippen molar-refractivity contribution in [2.75, 3.05) is 25.1 Å². The Labute approximate surface area is 162 Å². The molecule has 5 nitrogen and oxygen atoms in total. The summed E-state index contributed by atoms with van der Waals surface area (Å²) in [6.45, 7) is 1.76. The maximum absolute atomic E-state index is 12.2. The first kappa shape index (κ1) is 20.1. The zero-order chi connectivity index (χ0) is 19.1. The van der Waals surface area contributed by atoms with Gasteiger partial charge < -0.3 is 15.0 Å². The molecule has 138 valence electrons. The predicted octanol–water partition coefficient (Wildman–Crippen LogP) is 3.71. The summed E-state index contributed by atoms with van der Waals surface area (Å²) in [5.41, 5.74) is 1.58. The number of anilines is 1. The molecule has 0 spiro atoms. The van der Waals surface area contributed by atoms with E-state index in [9.17, 15) is 9.59 Å². The van der Waals surface area contributed by atoms with Crippen LogP contribution in [-0.2, 0) is 16.0 Å². The molecule has 2 rings (SSSR count). The van der Waals surface area contributed by atoms with E-state index in [0.717, 1.165) is 11.3 Å². The van der Waals surface area contributed by atoms with Gasteiger partial charge in [0.25, 0.3) is 0 Å². The van der Waals surface area contributed by atoms with Crippen molar-refractivity contribution < 1.29 is 14.3 Å². The lowest BCUT2D eigenvalue weighted by atomic mass is 10.1. The van der Waals surface area contributed by atoms with Gasteiger partial charge >= 0.3 is 0 Å². The molecule has 0 heterocycles. The summed E-state index contributed by atoms with van der Waals surface area (Å²) < 4.78 is 5.18. The van der Waals surface area contributed by atoms with Crippen LogP contribution in [0, 0.1) is 0 Å². The van der Waals surface area contributed by atoms with Crippen molar-refractivity contribution in [3.8, 4) is 5.75 Å². The summed E-state index contributed by atoms with van der Waals surface area (Å²) in [7, 11) is 1.61. The molecule has 0 fully saturated rings. The molecule has 2 aromatic rings. The standard InChI is InChI=1S/C19H20Cl2N2O3/c1-13(24)23(15-6-7-17(20)18(21)11-15)12-19(25)22-9-8-14-4-3-5-16(10-14)26-2/h3-7,10-11H,8-9,12H2,1-2H3,(H,22,25). The zero-order valence-corrected chi connectivity index (χ0v) is 16.1. The van der Waals surface area contributed by atoms with Crippen molar-refractivity contribution in [1.82, 2.24) is 5.32 Å². The molecule has 0 aliphatic carbocycles. The van der Waals surface area contributed by atoms with E-state index in [-0.39, 0.29) is 18.4 Å². The second-order valence-corrected chi connectivity index (χ2v) is 6.47. The first-order chi connectivity index (χ1) is 12.4. The van der Waals surface area contributed by atoms with Crippen molar-refractivity contribution in [2.24, 2.45) is 0 Å². The smallest absolute Gasteiger partial charge is 0.240 e. The normalized spacial score (nSPS) is 10.3. The quantitative estimate of drug-likeness (QED) is 0.778. The number of amides is 2. The van der Waals surface area contributed by atoms with E-state index in [1.54, 1.807) is 25.3 Å². The Balaban J connectivity index is 1.93. The lowest BCUT2D eigenvalue weighted by Gasteiger charge is -2.21. The maximum Gasteiger partial charge on any atom is 0.240 e. The average molecular weight is 395 g/mol. The molecule has 0 saturated carbocycles. The highest BCUT2D eigenvalue weighted by Gasteiger charge is 2.16. The van der Waals surface area contributed by atoms with Crippen molar-refractivity contribution in [1.29, 1.82) is 0 Å². The SMILES string of the molecule is COc1cccc(CCNC(=O)CN(C(C)=O)c2ccc(Cl)c(Cl)c2)c1. The van der Waals surface area contributed by atoms with Crippen LogP contribution in [0.5, 0.6) is 5.75 Å². The summed E-state index contributed by atoms with van der Waals surface area (Å²) in [5, 5.41) is 3.54. The third-order valence-electron chi connectivity index (χ3n) is 3.77. The lowest BCUT2D eigenvalue weighted by molar-refractivity contribution is -0.123. The van der Waals surface area contributed by atoms with Gasteiger partial charge in [0, 0.05) is 19.2 Å². The second kappa shape index (κ2) is 9.46. The number of hydrogen-bond acceptors (Lipinski definition) is 3. The van der Waals surface area contributed by atoms with E-state index in [4.69, 9.17) is 27.9 Å². The Morgan fingerprint density at radius 1 is 1.12 bits per heavy atom.